The fourth-order valence-electron chi connectivity index (χ4n) is 1.65. The van der Waals surface area contributed by atoms with E-state index in [0.29, 0.717) is 18.1 Å². The van der Waals surface area contributed by atoms with Crippen molar-refractivity contribution in [1.82, 2.24) is 5.32 Å². The summed E-state index contributed by atoms with van der Waals surface area (Å²) < 4.78 is 0. The van der Waals surface area contributed by atoms with Gasteiger partial charge in [0.05, 0.1) is 18.2 Å². The highest BCUT2D eigenvalue weighted by Crippen LogP contribution is 2.34. The highest BCUT2D eigenvalue weighted by Gasteiger charge is 2.05. The Kier molecular flexibility index (Phi) is 8.47. The van der Waals surface area contributed by atoms with Gasteiger partial charge < -0.3 is 20.6 Å². The highest BCUT2D eigenvalue weighted by molar-refractivity contribution is 6.32. The topological polar surface area (TPSA) is 72.7 Å². The number of hydrogen-bond donors (Lipinski definition) is 4. The molecular weight excluding hydrogens is 290 g/mol. The van der Waals surface area contributed by atoms with Gasteiger partial charge in [0.25, 0.3) is 0 Å². The summed E-state index contributed by atoms with van der Waals surface area (Å²) in [5.74, 6) is 0.139. The van der Waals surface area contributed by atoms with E-state index in [9.17, 15) is 5.11 Å². The summed E-state index contributed by atoms with van der Waals surface area (Å²) in [5, 5.41) is 29.2. The fourth-order valence-corrected chi connectivity index (χ4v) is 1.82. The van der Waals surface area contributed by atoms with Crippen molar-refractivity contribution in [1.29, 1.82) is 0 Å². The van der Waals surface area contributed by atoms with Crippen molar-refractivity contribution < 1.29 is 15.3 Å². The quantitative estimate of drug-likeness (QED) is 0.639. The molecule has 0 heterocycles. The molecule has 4 nitrogen and oxygen atoms in total. The van der Waals surface area contributed by atoms with Crippen molar-refractivity contribution in [3.8, 4) is 16.9 Å². The first kappa shape index (κ1) is 17.5. The van der Waals surface area contributed by atoms with Gasteiger partial charge in [-0.2, -0.15) is 0 Å². The molecule has 0 unspecified atom stereocenters. The van der Waals surface area contributed by atoms with Crippen molar-refractivity contribution in [2.45, 2.75) is 0 Å². The minimum Gasteiger partial charge on any atom is -0.506 e. The lowest BCUT2D eigenvalue weighted by Gasteiger charge is -2.05. The Morgan fingerprint density at radius 2 is 1.48 bits per heavy atom. The molecule has 0 aliphatic heterocycles. The van der Waals surface area contributed by atoms with Crippen molar-refractivity contribution in [2.24, 2.45) is 0 Å². The first-order valence-corrected chi connectivity index (χ1v) is 7.03. The molecule has 0 radical (unpaired) electrons. The maximum atomic E-state index is 9.72. The van der Waals surface area contributed by atoms with Crippen molar-refractivity contribution in [3.05, 3.63) is 53.6 Å². The predicted octanol–water partition coefficient (Wildman–Crippen LogP) is 2.27. The predicted molar refractivity (Wildman–Crippen MR) is 85.6 cm³/mol. The van der Waals surface area contributed by atoms with Gasteiger partial charge in [-0.15, -0.1) is 0 Å². The molecule has 2 rings (SSSR count). The maximum Gasteiger partial charge on any atom is 0.141 e. The normalized spacial score (nSPS) is 9.86. The summed E-state index contributed by atoms with van der Waals surface area (Å²) in [5.41, 5.74) is 1.73. The molecule has 0 aliphatic carbocycles. The second kappa shape index (κ2) is 10.2. The van der Waals surface area contributed by atoms with E-state index >= 15 is 0 Å². The van der Waals surface area contributed by atoms with Gasteiger partial charge in [0.15, 0.2) is 0 Å². The van der Waals surface area contributed by atoms with Gasteiger partial charge in [0, 0.05) is 18.7 Å². The van der Waals surface area contributed by atoms with Crippen LogP contribution >= 0.6 is 11.6 Å². The maximum absolute atomic E-state index is 9.72. The smallest absolute Gasteiger partial charge is 0.141 e. The first-order valence-electron chi connectivity index (χ1n) is 6.66. The Balaban J connectivity index is 0.000000270. The van der Waals surface area contributed by atoms with Crippen LogP contribution in [0.5, 0.6) is 5.75 Å². The van der Waals surface area contributed by atoms with Crippen LogP contribution in [-0.4, -0.2) is 41.6 Å². The van der Waals surface area contributed by atoms with Crippen LogP contribution in [0.15, 0.2) is 48.5 Å². The number of aliphatic hydroxyl groups excluding tert-OH is 2. The molecule has 0 aromatic heterocycles. The standard InChI is InChI=1S/C12H9ClO.C4H11NO2/c13-11-8-4-7-10(12(11)14)9-5-2-1-3-6-9;6-3-1-5-2-4-7/h1-8,14H;5-7H,1-4H2. The van der Waals surface area contributed by atoms with Gasteiger partial charge in [0.2, 0.25) is 0 Å². The summed E-state index contributed by atoms with van der Waals surface area (Å²) in [6.07, 6.45) is 0. The van der Waals surface area contributed by atoms with Gasteiger partial charge in [0.1, 0.15) is 5.75 Å². The number of phenols is 1. The minimum atomic E-state index is 0.139. The molecule has 5 heteroatoms. The lowest BCUT2D eigenvalue weighted by molar-refractivity contribution is 0.266. The molecule has 0 atom stereocenters. The number of hydrogen-bond acceptors (Lipinski definition) is 4. The number of phenolic OH excluding ortho intramolecular Hbond substituents is 1. The summed E-state index contributed by atoms with van der Waals surface area (Å²) in [6, 6.07) is 15.0. The number of nitrogens with one attached hydrogen (secondary N) is 1. The van der Waals surface area contributed by atoms with Crippen molar-refractivity contribution in [3.63, 3.8) is 0 Å². The average molecular weight is 310 g/mol. The van der Waals surface area contributed by atoms with Crippen LogP contribution in [-0.2, 0) is 0 Å². The second-order valence-corrected chi connectivity index (χ2v) is 4.61. The largest absolute Gasteiger partial charge is 0.506 e. The second-order valence-electron chi connectivity index (χ2n) is 4.20. The monoisotopic (exact) mass is 309 g/mol. The number of rotatable bonds is 5. The lowest BCUT2D eigenvalue weighted by Crippen LogP contribution is -2.21. The number of para-hydroxylation sites is 1. The van der Waals surface area contributed by atoms with Crippen LogP contribution in [0.4, 0.5) is 0 Å². The number of benzene rings is 2. The Morgan fingerprint density at radius 3 is 2.05 bits per heavy atom. The van der Waals surface area contributed by atoms with Crippen LogP contribution in [0.25, 0.3) is 11.1 Å². The van der Waals surface area contributed by atoms with Gasteiger partial charge >= 0.3 is 0 Å². The molecule has 0 spiro atoms. The zero-order valence-corrected chi connectivity index (χ0v) is 12.4. The lowest BCUT2D eigenvalue weighted by atomic mass is 10.1. The first-order chi connectivity index (χ1) is 10.2. The van der Waals surface area contributed by atoms with E-state index in [4.69, 9.17) is 21.8 Å². The zero-order valence-electron chi connectivity index (χ0n) is 11.7. The van der Waals surface area contributed by atoms with Crippen LogP contribution in [0.3, 0.4) is 0 Å². The molecule has 0 saturated heterocycles. The number of aliphatic hydroxyl groups is 2. The number of halogens is 1. The van der Waals surface area contributed by atoms with Crippen molar-refractivity contribution in [2.75, 3.05) is 26.3 Å². The molecule has 0 amide bonds. The summed E-state index contributed by atoms with van der Waals surface area (Å²) >= 11 is 5.81. The minimum absolute atomic E-state index is 0.139. The Labute approximate surface area is 129 Å². The Morgan fingerprint density at radius 1 is 0.857 bits per heavy atom. The molecular formula is C16H20ClNO3. The summed E-state index contributed by atoms with van der Waals surface area (Å²) in [4.78, 5) is 0. The molecule has 0 aliphatic rings. The van der Waals surface area contributed by atoms with Gasteiger partial charge in [-0.1, -0.05) is 54.1 Å². The molecule has 2 aromatic rings. The van der Waals surface area contributed by atoms with E-state index in [1.807, 2.05) is 42.5 Å². The zero-order chi connectivity index (χ0) is 15.5. The van der Waals surface area contributed by atoms with Gasteiger partial charge in [-0.05, 0) is 11.6 Å². The van der Waals surface area contributed by atoms with E-state index in [0.717, 1.165) is 11.1 Å². The van der Waals surface area contributed by atoms with E-state index in [1.54, 1.807) is 6.07 Å². The SMILES string of the molecule is OCCNCCO.Oc1c(Cl)cccc1-c1ccccc1. The van der Waals surface area contributed by atoms with E-state index < -0.39 is 0 Å². The van der Waals surface area contributed by atoms with E-state index in [1.165, 1.54) is 0 Å². The third-order valence-corrected chi connectivity index (χ3v) is 2.95. The Bertz CT molecular complexity index is 516. The van der Waals surface area contributed by atoms with Crippen LogP contribution in [0.2, 0.25) is 5.02 Å². The van der Waals surface area contributed by atoms with Gasteiger partial charge in [-0.25, -0.2) is 0 Å². The molecule has 2 aromatic carbocycles. The molecule has 0 bridgehead atoms. The average Bonchev–Trinajstić information content (AvgIpc) is 2.52. The van der Waals surface area contributed by atoms with Gasteiger partial charge in [-0.3, -0.25) is 0 Å². The summed E-state index contributed by atoms with van der Waals surface area (Å²) in [6.45, 7) is 1.42. The molecule has 21 heavy (non-hydrogen) atoms. The fraction of sp³-hybridized carbons (Fsp3) is 0.250. The third kappa shape index (κ3) is 6.14. The van der Waals surface area contributed by atoms with Crippen LogP contribution in [0, 0.1) is 0 Å². The summed E-state index contributed by atoms with van der Waals surface area (Å²) in [7, 11) is 0. The molecule has 0 saturated carbocycles. The van der Waals surface area contributed by atoms with E-state index in [-0.39, 0.29) is 19.0 Å². The Hall–Kier alpha value is -1.59. The third-order valence-electron chi connectivity index (χ3n) is 2.65. The molecule has 0 fully saturated rings. The number of aromatic hydroxyl groups is 1. The molecule has 4 N–H and O–H groups in total. The van der Waals surface area contributed by atoms with Crippen molar-refractivity contribution >= 4 is 11.6 Å². The van der Waals surface area contributed by atoms with E-state index in [2.05, 4.69) is 5.32 Å². The molecule has 114 valence electrons. The van der Waals surface area contributed by atoms with Crippen LogP contribution < -0.4 is 5.32 Å². The van der Waals surface area contributed by atoms with Crippen LogP contribution in [0.1, 0.15) is 0 Å². The highest BCUT2D eigenvalue weighted by atomic mass is 35.5.